The van der Waals surface area contributed by atoms with E-state index in [1.165, 1.54) is 63.9 Å². The molecule has 24 heavy (non-hydrogen) atoms. The highest BCUT2D eigenvalue weighted by molar-refractivity contribution is 7.26. The minimum absolute atomic E-state index is 1.24. The summed E-state index contributed by atoms with van der Waals surface area (Å²) in [4.78, 5) is 3.64. The Balaban J connectivity index is 2.06. The average molecular weight is 321 g/mol. The molecular weight excluding hydrogens is 310 g/mol. The Morgan fingerprint density at radius 1 is 0.542 bits per heavy atom. The van der Waals surface area contributed by atoms with Gasteiger partial charge in [-0.05, 0) is 46.2 Å². The van der Waals surface area contributed by atoms with Crippen molar-refractivity contribution < 1.29 is 0 Å². The molecule has 0 saturated carbocycles. The second-order valence-corrected chi connectivity index (χ2v) is 7.74. The normalized spacial score (nSPS) is 13.0. The van der Waals surface area contributed by atoms with E-state index >= 15 is 0 Å². The van der Waals surface area contributed by atoms with Gasteiger partial charge in [0.1, 0.15) is 0 Å². The van der Waals surface area contributed by atoms with E-state index in [4.69, 9.17) is 0 Å². The Hall–Kier alpha value is -2.84. The molecule has 0 aliphatic heterocycles. The van der Waals surface area contributed by atoms with Crippen LogP contribution in [-0.4, -0.2) is 4.98 Å². The first-order chi connectivity index (χ1) is 11.9. The van der Waals surface area contributed by atoms with Gasteiger partial charge in [0.15, 0.2) is 0 Å². The van der Waals surface area contributed by atoms with Gasteiger partial charge in [-0.1, -0.05) is 36.4 Å². The third-order valence-electron chi connectivity index (χ3n) is 5.52. The number of hydrogen-bond acceptors (Lipinski definition) is 1. The Morgan fingerprint density at radius 2 is 1.25 bits per heavy atom. The lowest BCUT2D eigenvalue weighted by Gasteiger charge is -2.08. The predicted molar refractivity (Wildman–Crippen MR) is 105 cm³/mol. The third kappa shape index (κ3) is 1.12. The smallest absolute Gasteiger partial charge is 0.0472 e. The van der Waals surface area contributed by atoms with E-state index in [9.17, 15) is 0 Å². The highest BCUT2D eigenvalue weighted by Gasteiger charge is 2.22. The quantitative estimate of drug-likeness (QED) is 0.315. The zero-order valence-electron chi connectivity index (χ0n) is 12.7. The van der Waals surface area contributed by atoms with Crippen LogP contribution in [0, 0.1) is 0 Å². The zero-order valence-corrected chi connectivity index (χ0v) is 13.5. The van der Waals surface area contributed by atoms with Crippen molar-refractivity contribution in [3.05, 3.63) is 60.7 Å². The molecule has 0 spiro atoms. The number of rotatable bonds is 0. The fraction of sp³-hybridized carbons (Fsp3) is 0. The van der Waals surface area contributed by atoms with Crippen molar-refractivity contribution in [1.29, 1.82) is 0 Å². The summed E-state index contributed by atoms with van der Waals surface area (Å²) >= 11 is 1.91. The molecule has 1 aliphatic rings. The summed E-state index contributed by atoms with van der Waals surface area (Å²) in [6, 6.07) is 22.4. The number of nitrogens with one attached hydrogen (secondary N) is 1. The number of fused-ring (bicyclic) bond motifs is 1. The Kier molecular flexibility index (Phi) is 1.76. The van der Waals surface area contributed by atoms with Crippen LogP contribution in [0.25, 0.3) is 63.9 Å². The van der Waals surface area contributed by atoms with Gasteiger partial charge in [-0.3, -0.25) is 0 Å². The van der Waals surface area contributed by atoms with Gasteiger partial charge in [0.25, 0.3) is 0 Å². The second kappa shape index (κ2) is 3.63. The summed E-state index contributed by atoms with van der Waals surface area (Å²) in [5, 5.41) is 8.35. The monoisotopic (exact) mass is 321 g/mol. The number of benzene rings is 4. The Bertz CT molecular complexity index is 1500. The van der Waals surface area contributed by atoms with Crippen LogP contribution in [0.3, 0.4) is 0 Å². The van der Waals surface area contributed by atoms with Gasteiger partial charge in [0, 0.05) is 42.0 Å². The molecule has 2 aromatic heterocycles. The molecule has 0 bridgehead atoms. The summed E-state index contributed by atoms with van der Waals surface area (Å²) < 4.78 is 2.77. The van der Waals surface area contributed by atoms with Crippen LogP contribution in [0.15, 0.2) is 60.7 Å². The number of aromatic amines is 1. The summed E-state index contributed by atoms with van der Waals surface area (Å²) in [6.45, 7) is 0. The number of aromatic nitrogens is 1. The van der Waals surface area contributed by atoms with Crippen LogP contribution in [0.4, 0.5) is 0 Å². The molecule has 7 rings (SSSR count). The highest BCUT2D eigenvalue weighted by Crippen LogP contribution is 2.50. The maximum Gasteiger partial charge on any atom is 0.0472 e. The zero-order chi connectivity index (χ0) is 15.4. The van der Waals surface area contributed by atoms with Crippen molar-refractivity contribution in [1.82, 2.24) is 4.98 Å². The van der Waals surface area contributed by atoms with E-state index in [2.05, 4.69) is 65.6 Å². The molecule has 2 heteroatoms. The minimum Gasteiger partial charge on any atom is -0.354 e. The molecule has 1 nitrogen and oxygen atoms in total. The van der Waals surface area contributed by atoms with E-state index < -0.39 is 0 Å². The first kappa shape index (κ1) is 11.7. The van der Waals surface area contributed by atoms with Crippen molar-refractivity contribution in [2.75, 3.05) is 0 Å². The maximum atomic E-state index is 3.64. The van der Waals surface area contributed by atoms with E-state index in [-0.39, 0.29) is 0 Å². The van der Waals surface area contributed by atoms with E-state index in [0.717, 1.165) is 0 Å². The lowest BCUT2D eigenvalue weighted by atomic mass is 9.95. The Labute approximate surface area is 141 Å². The topological polar surface area (TPSA) is 15.8 Å². The van der Waals surface area contributed by atoms with Crippen molar-refractivity contribution in [3.63, 3.8) is 0 Å². The molecule has 110 valence electrons. The summed E-state index contributed by atoms with van der Waals surface area (Å²) in [7, 11) is 0. The molecule has 1 aliphatic carbocycles. The van der Waals surface area contributed by atoms with Crippen LogP contribution in [0.1, 0.15) is 0 Å². The molecule has 0 unspecified atom stereocenters. The maximum absolute atomic E-state index is 3.64. The first-order valence-electron chi connectivity index (χ1n) is 8.22. The van der Waals surface area contributed by atoms with Crippen LogP contribution in [-0.2, 0) is 0 Å². The van der Waals surface area contributed by atoms with E-state index in [1.54, 1.807) is 0 Å². The van der Waals surface area contributed by atoms with Crippen molar-refractivity contribution >= 4 is 64.1 Å². The van der Waals surface area contributed by atoms with Crippen LogP contribution in [0.2, 0.25) is 0 Å². The van der Waals surface area contributed by atoms with Gasteiger partial charge in [-0.25, -0.2) is 0 Å². The number of H-pyrrole nitrogens is 1. The molecule has 0 fully saturated rings. The molecule has 6 aromatic rings. The SMILES string of the molecule is c1cc2c3c(c1)ccc1[nH]c4ccc5sc6cccc-2c6c5c4c13. The van der Waals surface area contributed by atoms with Crippen LogP contribution >= 0.6 is 11.3 Å². The van der Waals surface area contributed by atoms with Crippen LogP contribution in [0.5, 0.6) is 0 Å². The number of hydrogen-bond donors (Lipinski definition) is 1. The third-order valence-corrected chi connectivity index (χ3v) is 6.64. The standard InChI is InChI=1S/C22H11NS/c1-3-11-7-8-14-20-18(11)12(4-1)13-5-2-6-16-19(13)22-17(24-16)10-9-15(23-14)21(20)22/h1-10,23H. The average Bonchev–Trinajstić information content (AvgIpc) is 3.14. The van der Waals surface area contributed by atoms with Crippen molar-refractivity contribution in [2.24, 2.45) is 0 Å². The predicted octanol–water partition coefficient (Wildman–Crippen LogP) is 6.82. The van der Waals surface area contributed by atoms with Crippen molar-refractivity contribution in [2.45, 2.75) is 0 Å². The van der Waals surface area contributed by atoms with Gasteiger partial charge < -0.3 is 4.98 Å². The van der Waals surface area contributed by atoms with Gasteiger partial charge in [-0.2, -0.15) is 0 Å². The fourth-order valence-corrected chi connectivity index (χ4v) is 5.75. The molecule has 0 amide bonds. The van der Waals surface area contributed by atoms with Gasteiger partial charge in [0.2, 0.25) is 0 Å². The fourth-order valence-electron chi connectivity index (χ4n) is 4.61. The molecular formula is C22H11NS. The first-order valence-corrected chi connectivity index (χ1v) is 9.03. The molecule has 0 atom stereocenters. The van der Waals surface area contributed by atoms with E-state index in [1.807, 2.05) is 11.3 Å². The lowest BCUT2D eigenvalue weighted by molar-refractivity contribution is 1.56. The molecule has 0 radical (unpaired) electrons. The van der Waals surface area contributed by atoms with Gasteiger partial charge in [0.05, 0.1) is 0 Å². The minimum atomic E-state index is 1.24. The molecule has 2 heterocycles. The highest BCUT2D eigenvalue weighted by atomic mass is 32.1. The molecule has 1 N–H and O–H groups in total. The van der Waals surface area contributed by atoms with Gasteiger partial charge in [-0.15, -0.1) is 11.3 Å². The molecule has 0 saturated heterocycles. The summed E-state index contributed by atoms with van der Waals surface area (Å²) in [5.74, 6) is 0. The largest absolute Gasteiger partial charge is 0.354 e. The van der Waals surface area contributed by atoms with Crippen molar-refractivity contribution in [3.8, 4) is 11.1 Å². The van der Waals surface area contributed by atoms with Crippen LogP contribution < -0.4 is 0 Å². The van der Waals surface area contributed by atoms with Gasteiger partial charge >= 0.3 is 0 Å². The summed E-state index contributed by atoms with van der Waals surface area (Å²) in [5.41, 5.74) is 5.22. The lowest BCUT2D eigenvalue weighted by Crippen LogP contribution is -1.82. The summed E-state index contributed by atoms with van der Waals surface area (Å²) in [6.07, 6.45) is 0. The Morgan fingerprint density at radius 3 is 2.17 bits per heavy atom. The number of thiophene rings is 1. The second-order valence-electron chi connectivity index (χ2n) is 6.66. The molecule has 4 aromatic carbocycles. The van der Waals surface area contributed by atoms with E-state index in [0.29, 0.717) is 0 Å².